The minimum atomic E-state index is -0.781. The SMILES string of the molecule is O=C(O)CC[C@@H]1CCCN(C(=O)c2ccc(-n3cnnn3)cc2)C1. The number of carbonyl (C=O) groups is 2. The molecule has 0 aliphatic carbocycles. The number of hydrogen-bond acceptors (Lipinski definition) is 5. The molecule has 3 rings (SSSR count). The molecule has 8 heteroatoms. The van der Waals surface area contributed by atoms with Gasteiger partial charge in [0.25, 0.3) is 5.91 Å². The van der Waals surface area contributed by atoms with E-state index in [1.165, 1.54) is 11.0 Å². The number of benzene rings is 1. The smallest absolute Gasteiger partial charge is 0.303 e. The predicted octanol–water partition coefficient (Wildman–Crippen LogP) is 1.38. The first-order chi connectivity index (χ1) is 11.6. The zero-order valence-corrected chi connectivity index (χ0v) is 13.2. The van der Waals surface area contributed by atoms with Crippen LogP contribution in [0.25, 0.3) is 5.69 Å². The molecule has 1 aromatic carbocycles. The van der Waals surface area contributed by atoms with Crippen LogP contribution in [0.5, 0.6) is 0 Å². The van der Waals surface area contributed by atoms with Gasteiger partial charge < -0.3 is 10.0 Å². The van der Waals surface area contributed by atoms with Gasteiger partial charge in [-0.2, -0.15) is 0 Å². The lowest BCUT2D eigenvalue weighted by Crippen LogP contribution is -2.40. The van der Waals surface area contributed by atoms with Gasteiger partial charge in [0.15, 0.2) is 0 Å². The van der Waals surface area contributed by atoms with Crippen LogP contribution in [0.15, 0.2) is 30.6 Å². The van der Waals surface area contributed by atoms with Gasteiger partial charge in [-0.25, -0.2) is 4.68 Å². The summed E-state index contributed by atoms with van der Waals surface area (Å²) in [6.07, 6.45) is 4.17. The fourth-order valence-electron chi connectivity index (χ4n) is 3.03. The van der Waals surface area contributed by atoms with Gasteiger partial charge in [0, 0.05) is 25.1 Å². The molecule has 1 aliphatic heterocycles. The van der Waals surface area contributed by atoms with Crippen LogP contribution >= 0.6 is 0 Å². The molecule has 0 bridgehead atoms. The zero-order chi connectivity index (χ0) is 16.9. The standard InChI is InChI=1S/C16H19N5O3/c22-15(23)8-3-12-2-1-9-20(10-12)16(24)13-4-6-14(7-5-13)21-11-17-18-19-21/h4-7,11-12H,1-3,8-10H2,(H,22,23)/t12-/m0/s1. The molecule has 0 radical (unpaired) electrons. The monoisotopic (exact) mass is 329 g/mol. The van der Waals surface area contributed by atoms with Crippen molar-refractivity contribution < 1.29 is 14.7 Å². The largest absolute Gasteiger partial charge is 0.481 e. The first-order valence-corrected chi connectivity index (χ1v) is 7.98. The minimum absolute atomic E-state index is 0.0155. The van der Waals surface area contributed by atoms with Crippen molar-refractivity contribution in [1.82, 2.24) is 25.1 Å². The van der Waals surface area contributed by atoms with Crippen LogP contribution in [0.3, 0.4) is 0 Å². The van der Waals surface area contributed by atoms with Gasteiger partial charge in [-0.15, -0.1) is 5.10 Å². The average molecular weight is 329 g/mol. The maximum absolute atomic E-state index is 12.6. The third-order valence-corrected chi connectivity index (χ3v) is 4.30. The van der Waals surface area contributed by atoms with Gasteiger partial charge in [-0.05, 0) is 59.9 Å². The van der Waals surface area contributed by atoms with Crippen LogP contribution in [0.2, 0.25) is 0 Å². The van der Waals surface area contributed by atoms with Crippen molar-refractivity contribution in [3.05, 3.63) is 36.2 Å². The van der Waals surface area contributed by atoms with E-state index in [9.17, 15) is 9.59 Å². The summed E-state index contributed by atoms with van der Waals surface area (Å²) in [5, 5.41) is 19.8. The van der Waals surface area contributed by atoms with Gasteiger partial charge in [0.05, 0.1) is 5.69 Å². The molecular weight excluding hydrogens is 310 g/mol. The Bertz CT molecular complexity index is 699. The first kappa shape index (κ1) is 16.1. The van der Waals surface area contributed by atoms with Crippen molar-refractivity contribution in [1.29, 1.82) is 0 Å². The Labute approximate surface area is 139 Å². The van der Waals surface area contributed by atoms with Crippen molar-refractivity contribution in [3.8, 4) is 5.69 Å². The Balaban J connectivity index is 1.64. The molecule has 1 N–H and O–H groups in total. The zero-order valence-electron chi connectivity index (χ0n) is 13.2. The lowest BCUT2D eigenvalue weighted by Gasteiger charge is -2.32. The quantitative estimate of drug-likeness (QED) is 0.889. The molecule has 1 amide bonds. The molecule has 1 atom stereocenters. The highest BCUT2D eigenvalue weighted by Gasteiger charge is 2.24. The number of piperidine rings is 1. The second-order valence-electron chi connectivity index (χ2n) is 5.99. The predicted molar refractivity (Wildman–Crippen MR) is 84.7 cm³/mol. The van der Waals surface area contributed by atoms with Gasteiger partial charge in [0.1, 0.15) is 6.33 Å². The summed E-state index contributed by atoms with van der Waals surface area (Å²) in [4.78, 5) is 25.2. The summed E-state index contributed by atoms with van der Waals surface area (Å²) >= 11 is 0. The Morgan fingerprint density at radius 2 is 2.04 bits per heavy atom. The minimum Gasteiger partial charge on any atom is -0.481 e. The van der Waals surface area contributed by atoms with Crippen molar-refractivity contribution in [2.45, 2.75) is 25.7 Å². The fraction of sp³-hybridized carbons (Fsp3) is 0.438. The van der Waals surface area contributed by atoms with Crippen LogP contribution in [0.4, 0.5) is 0 Å². The van der Waals surface area contributed by atoms with Gasteiger partial charge in [0.2, 0.25) is 0 Å². The maximum atomic E-state index is 12.6. The van der Waals surface area contributed by atoms with E-state index in [-0.39, 0.29) is 18.2 Å². The van der Waals surface area contributed by atoms with E-state index >= 15 is 0 Å². The number of nitrogens with zero attached hydrogens (tertiary/aromatic N) is 5. The van der Waals surface area contributed by atoms with Crippen molar-refractivity contribution in [2.24, 2.45) is 5.92 Å². The van der Waals surface area contributed by atoms with Crippen LogP contribution in [0, 0.1) is 5.92 Å². The number of carbonyl (C=O) groups excluding carboxylic acids is 1. The van der Waals surface area contributed by atoms with E-state index in [0.717, 1.165) is 25.1 Å². The summed E-state index contributed by atoms with van der Waals surface area (Å²) in [5.41, 5.74) is 1.40. The molecule has 1 aromatic heterocycles. The lowest BCUT2D eigenvalue weighted by atomic mass is 9.93. The molecule has 126 valence electrons. The van der Waals surface area contributed by atoms with E-state index in [1.807, 2.05) is 4.90 Å². The Morgan fingerprint density at radius 3 is 2.71 bits per heavy atom. The molecule has 0 saturated carbocycles. The third-order valence-electron chi connectivity index (χ3n) is 4.30. The van der Waals surface area contributed by atoms with Crippen LogP contribution in [0.1, 0.15) is 36.0 Å². The second-order valence-corrected chi connectivity index (χ2v) is 5.99. The maximum Gasteiger partial charge on any atom is 0.303 e. The number of aromatic nitrogens is 4. The summed E-state index contributed by atoms with van der Waals surface area (Å²) in [5.74, 6) is -0.533. The van der Waals surface area contributed by atoms with Crippen molar-refractivity contribution in [3.63, 3.8) is 0 Å². The topological polar surface area (TPSA) is 101 Å². The molecule has 1 fully saturated rings. The molecule has 0 unspecified atom stereocenters. The molecule has 2 heterocycles. The van der Waals surface area contributed by atoms with Crippen molar-refractivity contribution in [2.75, 3.05) is 13.1 Å². The van der Waals surface area contributed by atoms with Gasteiger partial charge in [-0.1, -0.05) is 0 Å². The molecule has 2 aromatic rings. The second kappa shape index (κ2) is 7.20. The number of carboxylic acid groups (broad SMARTS) is 1. The van der Waals surface area contributed by atoms with E-state index in [4.69, 9.17) is 5.11 Å². The van der Waals surface area contributed by atoms with E-state index in [1.54, 1.807) is 24.3 Å². The lowest BCUT2D eigenvalue weighted by molar-refractivity contribution is -0.137. The molecule has 1 saturated heterocycles. The third kappa shape index (κ3) is 3.76. The van der Waals surface area contributed by atoms with Gasteiger partial charge >= 0.3 is 5.97 Å². The molecule has 8 nitrogen and oxygen atoms in total. The number of hydrogen-bond donors (Lipinski definition) is 1. The van der Waals surface area contributed by atoms with E-state index < -0.39 is 5.97 Å². The number of aliphatic carboxylic acids is 1. The van der Waals surface area contributed by atoms with E-state index in [2.05, 4.69) is 15.5 Å². The molecular formula is C16H19N5O3. The summed E-state index contributed by atoms with van der Waals surface area (Å²) in [6, 6.07) is 7.13. The Kier molecular flexibility index (Phi) is 4.83. The van der Waals surface area contributed by atoms with Crippen LogP contribution < -0.4 is 0 Å². The van der Waals surface area contributed by atoms with Crippen LogP contribution in [-0.2, 0) is 4.79 Å². The normalized spacial score (nSPS) is 17.7. The fourth-order valence-corrected chi connectivity index (χ4v) is 3.03. The molecule has 1 aliphatic rings. The summed E-state index contributed by atoms with van der Waals surface area (Å²) < 4.78 is 1.52. The first-order valence-electron chi connectivity index (χ1n) is 7.98. The highest BCUT2D eigenvalue weighted by atomic mass is 16.4. The Morgan fingerprint density at radius 1 is 1.25 bits per heavy atom. The molecule has 24 heavy (non-hydrogen) atoms. The number of amides is 1. The summed E-state index contributed by atoms with van der Waals surface area (Å²) in [7, 11) is 0. The Hall–Kier alpha value is -2.77. The number of likely N-dealkylation sites (tertiary alicyclic amines) is 1. The highest BCUT2D eigenvalue weighted by Crippen LogP contribution is 2.22. The number of tetrazole rings is 1. The van der Waals surface area contributed by atoms with E-state index in [0.29, 0.717) is 18.5 Å². The van der Waals surface area contributed by atoms with Crippen molar-refractivity contribution >= 4 is 11.9 Å². The van der Waals surface area contributed by atoms with Crippen LogP contribution in [-0.4, -0.2) is 55.2 Å². The average Bonchev–Trinajstić information content (AvgIpc) is 3.14. The highest BCUT2D eigenvalue weighted by molar-refractivity contribution is 5.94. The number of rotatable bonds is 5. The summed E-state index contributed by atoms with van der Waals surface area (Å²) in [6.45, 7) is 1.35. The number of carboxylic acids is 1. The molecule has 0 spiro atoms. The van der Waals surface area contributed by atoms with Gasteiger partial charge in [-0.3, -0.25) is 9.59 Å².